The van der Waals surface area contributed by atoms with E-state index in [4.69, 9.17) is 0 Å². The molecule has 1 rings (SSSR count). The van der Waals surface area contributed by atoms with E-state index in [0.717, 1.165) is 4.47 Å². The number of pyridine rings is 1. The molecule has 0 saturated carbocycles. The fourth-order valence-corrected chi connectivity index (χ4v) is 1.65. The zero-order chi connectivity index (χ0) is 10.7. The Morgan fingerprint density at radius 2 is 2.29 bits per heavy atom. The molecule has 0 fully saturated rings. The van der Waals surface area contributed by atoms with Gasteiger partial charge in [-0.05, 0) is 28.9 Å². The van der Waals surface area contributed by atoms with E-state index in [-0.39, 0.29) is 12.1 Å². The molecule has 0 bridgehead atoms. The highest BCUT2D eigenvalue weighted by Crippen LogP contribution is 2.07. The topological polar surface area (TPSA) is 48.3 Å². The maximum absolute atomic E-state index is 11.5. The van der Waals surface area contributed by atoms with Gasteiger partial charge in [-0.25, -0.2) is 0 Å². The molecule has 0 aliphatic carbocycles. The molecule has 0 aromatic carbocycles. The van der Waals surface area contributed by atoms with Crippen molar-refractivity contribution in [3.05, 3.63) is 32.7 Å². The zero-order valence-electron chi connectivity index (χ0n) is 7.91. The number of ether oxygens (including phenoxy) is 1. The first-order valence-corrected chi connectivity index (χ1v) is 4.77. The van der Waals surface area contributed by atoms with Crippen molar-refractivity contribution >= 4 is 21.9 Å². The Balaban J connectivity index is 3.09. The Hall–Kier alpha value is -1.10. The minimum absolute atomic E-state index is 0.0599. The normalized spacial score (nSPS) is 9.93. The minimum atomic E-state index is -0.440. The molecule has 0 spiro atoms. The van der Waals surface area contributed by atoms with E-state index >= 15 is 0 Å². The highest BCUT2D eigenvalue weighted by molar-refractivity contribution is 9.10. The van der Waals surface area contributed by atoms with Crippen molar-refractivity contribution in [2.45, 2.75) is 13.5 Å². The smallest absolute Gasteiger partial charge is 0.325 e. The highest BCUT2D eigenvalue weighted by Gasteiger charge is 2.06. The Morgan fingerprint density at radius 3 is 2.86 bits per heavy atom. The lowest BCUT2D eigenvalue weighted by Gasteiger charge is -2.05. The number of esters is 1. The van der Waals surface area contributed by atoms with E-state index in [1.54, 1.807) is 19.2 Å². The van der Waals surface area contributed by atoms with Crippen LogP contribution in [0.4, 0.5) is 0 Å². The van der Waals surface area contributed by atoms with Gasteiger partial charge in [0, 0.05) is 16.2 Å². The number of aromatic nitrogens is 1. The van der Waals surface area contributed by atoms with Crippen molar-refractivity contribution in [2.75, 3.05) is 7.11 Å². The van der Waals surface area contributed by atoms with E-state index in [1.807, 2.05) is 0 Å². The van der Waals surface area contributed by atoms with Crippen LogP contribution in [0.15, 0.2) is 21.5 Å². The summed E-state index contributed by atoms with van der Waals surface area (Å²) in [6.07, 6.45) is 1.56. The summed E-state index contributed by atoms with van der Waals surface area (Å²) >= 11 is 3.25. The van der Waals surface area contributed by atoms with Gasteiger partial charge in [0.15, 0.2) is 0 Å². The van der Waals surface area contributed by atoms with E-state index in [1.165, 1.54) is 11.7 Å². The Morgan fingerprint density at radius 1 is 1.64 bits per heavy atom. The molecule has 1 heterocycles. The summed E-state index contributed by atoms with van der Waals surface area (Å²) < 4.78 is 6.55. The third-order valence-electron chi connectivity index (χ3n) is 1.76. The molecule has 76 valence electrons. The molecule has 0 atom stereocenters. The number of nitrogens with zero attached hydrogens (tertiary/aromatic N) is 1. The minimum Gasteiger partial charge on any atom is -0.468 e. The molecular weight excluding hydrogens is 250 g/mol. The summed E-state index contributed by atoms with van der Waals surface area (Å²) in [5.41, 5.74) is 0.405. The lowest BCUT2D eigenvalue weighted by atomic mass is 10.3. The summed E-state index contributed by atoms with van der Waals surface area (Å²) in [6, 6.07) is 1.70. The number of methoxy groups -OCH3 is 1. The molecule has 0 radical (unpaired) electrons. The second-order valence-corrected chi connectivity index (χ2v) is 3.77. The summed E-state index contributed by atoms with van der Waals surface area (Å²) in [4.78, 5) is 22.5. The number of halogens is 1. The molecule has 0 N–H and O–H groups in total. The van der Waals surface area contributed by atoms with Crippen LogP contribution in [0, 0.1) is 6.92 Å². The van der Waals surface area contributed by atoms with Gasteiger partial charge in [0.1, 0.15) is 6.54 Å². The Kier molecular flexibility index (Phi) is 3.46. The average molecular weight is 260 g/mol. The first-order valence-electron chi connectivity index (χ1n) is 3.98. The lowest BCUT2D eigenvalue weighted by Crippen LogP contribution is -2.25. The zero-order valence-corrected chi connectivity index (χ0v) is 9.50. The SMILES string of the molecule is COC(=O)Cn1cc(Br)cc(C)c1=O. The van der Waals surface area contributed by atoms with E-state index < -0.39 is 5.97 Å². The van der Waals surface area contributed by atoms with Gasteiger partial charge in [0.25, 0.3) is 5.56 Å². The van der Waals surface area contributed by atoms with Gasteiger partial charge in [0.05, 0.1) is 7.11 Å². The number of carbonyl (C=O) groups excluding carboxylic acids is 1. The van der Waals surface area contributed by atoms with Crippen LogP contribution in [-0.2, 0) is 16.1 Å². The van der Waals surface area contributed by atoms with Crippen LogP contribution in [0.2, 0.25) is 0 Å². The molecule has 0 saturated heterocycles. The third kappa shape index (κ3) is 2.45. The number of rotatable bonds is 2. The lowest BCUT2D eigenvalue weighted by molar-refractivity contribution is -0.141. The van der Waals surface area contributed by atoms with Gasteiger partial charge in [-0.1, -0.05) is 0 Å². The molecule has 0 amide bonds. The Labute approximate surface area is 89.6 Å². The molecular formula is C9H10BrNO3. The second kappa shape index (κ2) is 4.41. The molecule has 1 aromatic rings. The number of carbonyl (C=O) groups is 1. The molecule has 0 aliphatic rings. The first-order chi connectivity index (χ1) is 6.54. The quantitative estimate of drug-likeness (QED) is 0.748. The maximum atomic E-state index is 11.5. The van der Waals surface area contributed by atoms with Gasteiger partial charge in [0.2, 0.25) is 0 Å². The molecule has 5 heteroatoms. The van der Waals surface area contributed by atoms with E-state index in [0.29, 0.717) is 5.56 Å². The fraction of sp³-hybridized carbons (Fsp3) is 0.333. The highest BCUT2D eigenvalue weighted by atomic mass is 79.9. The number of hydrogen-bond acceptors (Lipinski definition) is 3. The average Bonchev–Trinajstić information content (AvgIpc) is 2.13. The van der Waals surface area contributed by atoms with Gasteiger partial charge in [-0.3, -0.25) is 9.59 Å². The van der Waals surface area contributed by atoms with Gasteiger partial charge in [-0.15, -0.1) is 0 Å². The number of hydrogen-bond donors (Lipinski definition) is 0. The predicted octanol–water partition coefficient (Wildman–Crippen LogP) is 1.09. The van der Waals surface area contributed by atoms with E-state index in [2.05, 4.69) is 20.7 Å². The van der Waals surface area contributed by atoms with Crippen molar-refractivity contribution in [2.24, 2.45) is 0 Å². The van der Waals surface area contributed by atoms with E-state index in [9.17, 15) is 9.59 Å². The van der Waals surface area contributed by atoms with Crippen molar-refractivity contribution < 1.29 is 9.53 Å². The largest absolute Gasteiger partial charge is 0.468 e. The molecule has 1 aromatic heterocycles. The van der Waals surface area contributed by atoms with Crippen molar-refractivity contribution in [3.63, 3.8) is 0 Å². The molecule has 0 aliphatic heterocycles. The Bertz CT molecular complexity index is 411. The van der Waals surface area contributed by atoms with Crippen LogP contribution in [0.5, 0.6) is 0 Å². The maximum Gasteiger partial charge on any atom is 0.325 e. The van der Waals surface area contributed by atoms with Crippen LogP contribution < -0.4 is 5.56 Å². The molecule has 14 heavy (non-hydrogen) atoms. The van der Waals surface area contributed by atoms with Crippen LogP contribution in [0.25, 0.3) is 0 Å². The van der Waals surface area contributed by atoms with Gasteiger partial charge >= 0.3 is 5.97 Å². The van der Waals surface area contributed by atoms with Crippen molar-refractivity contribution in [3.8, 4) is 0 Å². The predicted molar refractivity (Wildman–Crippen MR) is 55.2 cm³/mol. The standard InChI is InChI=1S/C9H10BrNO3/c1-6-3-7(10)4-11(9(6)13)5-8(12)14-2/h3-4H,5H2,1-2H3. The number of aryl methyl sites for hydroxylation is 1. The van der Waals surface area contributed by atoms with Gasteiger partial charge in [-0.2, -0.15) is 0 Å². The summed E-state index contributed by atoms with van der Waals surface area (Å²) in [7, 11) is 1.29. The fourth-order valence-electron chi connectivity index (χ4n) is 1.06. The van der Waals surface area contributed by atoms with Gasteiger partial charge < -0.3 is 9.30 Å². The van der Waals surface area contributed by atoms with Crippen molar-refractivity contribution in [1.29, 1.82) is 0 Å². The molecule has 0 unspecified atom stereocenters. The van der Waals surface area contributed by atoms with Crippen molar-refractivity contribution in [1.82, 2.24) is 4.57 Å². The van der Waals surface area contributed by atoms with Crippen LogP contribution in [0.1, 0.15) is 5.56 Å². The van der Waals surface area contributed by atoms with Crippen LogP contribution in [-0.4, -0.2) is 17.6 Å². The summed E-state index contributed by atoms with van der Waals surface area (Å²) in [5, 5.41) is 0. The third-order valence-corrected chi connectivity index (χ3v) is 2.19. The first kappa shape index (κ1) is 11.0. The summed E-state index contributed by atoms with van der Waals surface area (Å²) in [5.74, 6) is -0.440. The molecule has 4 nitrogen and oxygen atoms in total. The van der Waals surface area contributed by atoms with Crippen LogP contribution in [0.3, 0.4) is 0 Å². The summed E-state index contributed by atoms with van der Waals surface area (Å²) in [6.45, 7) is 1.64. The van der Waals surface area contributed by atoms with Crippen LogP contribution >= 0.6 is 15.9 Å². The second-order valence-electron chi connectivity index (χ2n) is 2.85. The monoisotopic (exact) mass is 259 g/mol.